The minimum absolute atomic E-state index is 0.197. The number of fused-ring (bicyclic) bond motifs is 1. The van der Waals surface area contributed by atoms with Gasteiger partial charge >= 0.3 is 6.36 Å². The maximum absolute atomic E-state index is 12.4. The van der Waals surface area contributed by atoms with Gasteiger partial charge in [0.15, 0.2) is 0 Å². The highest BCUT2D eigenvalue weighted by Gasteiger charge is 2.31. The molecular weight excluding hydrogens is 345 g/mol. The maximum Gasteiger partial charge on any atom is 0.573 e. The largest absolute Gasteiger partial charge is 0.573 e. The molecule has 1 aromatic carbocycles. The number of hydrazine groups is 1. The molecule has 0 unspecified atom stereocenters. The van der Waals surface area contributed by atoms with Crippen molar-refractivity contribution in [2.24, 2.45) is 7.05 Å². The SMILES string of the molecule is CCNCCN1C=CCN1Cc1cc2cc(OC(F)(F)F)ccc2n1C. The zero-order chi connectivity index (χ0) is 18.7. The van der Waals surface area contributed by atoms with Crippen LogP contribution in [0.2, 0.25) is 0 Å². The number of hydrogen-bond acceptors (Lipinski definition) is 4. The van der Waals surface area contributed by atoms with E-state index in [9.17, 15) is 13.2 Å². The Kier molecular flexibility index (Phi) is 5.43. The molecule has 0 bridgehead atoms. The van der Waals surface area contributed by atoms with Gasteiger partial charge in [0.25, 0.3) is 0 Å². The van der Waals surface area contributed by atoms with Crippen LogP contribution in [-0.2, 0) is 13.6 Å². The summed E-state index contributed by atoms with van der Waals surface area (Å²) in [7, 11) is 1.93. The van der Waals surface area contributed by atoms with Crippen molar-refractivity contribution >= 4 is 10.9 Å². The van der Waals surface area contributed by atoms with Gasteiger partial charge in [-0.2, -0.15) is 0 Å². The number of ether oxygens (including phenoxy) is 1. The van der Waals surface area contributed by atoms with Crippen molar-refractivity contribution in [3.8, 4) is 5.75 Å². The number of halogens is 3. The molecule has 1 aromatic heterocycles. The average molecular weight is 368 g/mol. The fourth-order valence-corrected chi connectivity index (χ4v) is 3.15. The standard InChI is InChI=1S/C18H23F3N4O/c1-3-22-7-10-24-8-4-9-25(24)13-15-11-14-12-16(26-18(19,20)21)5-6-17(14)23(15)2/h4-6,8,11-12,22H,3,7,9-10,13H2,1-2H3. The predicted molar refractivity (Wildman–Crippen MR) is 94.4 cm³/mol. The average Bonchev–Trinajstić information content (AvgIpc) is 3.12. The topological polar surface area (TPSA) is 32.7 Å². The summed E-state index contributed by atoms with van der Waals surface area (Å²) in [5.41, 5.74) is 1.90. The van der Waals surface area contributed by atoms with Crippen molar-refractivity contribution in [1.29, 1.82) is 0 Å². The van der Waals surface area contributed by atoms with Gasteiger partial charge in [0.1, 0.15) is 5.75 Å². The van der Waals surface area contributed by atoms with Crippen molar-refractivity contribution < 1.29 is 17.9 Å². The van der Waals surface area contributed by atoms with Gasteiger partial charge in [-0.3, -0.25) is 0 Å². The second-order valence-corrected chi connectivity index (χ2v) is 6.21. The first kappa shape index (κ1) is 18.6. The molecule has 0 spiro atoms. The molecular formula is C18H23F3N4O. The van der Waals surface area contributed by atoms with Gasteiger partial charge in [0.2, 0.25) is 0 Å². The fraction of sp³-hybridized carbons (Fsp3) is 0.444. The number of aromatic nitrogens is 1. The molecule has 0 amide bonds. The molecule has 0 atom stereocenters. The molecule has 3 rings (SSSR count). The van der Waals surface area contributed by atoms with E-state index in [1.54, 1.807) is 6.07 Å². The van der Waals surface area contributed by atoms with Gasteiger partial charge in [-0.15, -0.1) is 13.2 Å². The van der Waals surface area contributed by atoms with Crippen molar-refractivity contribution in [2.45, 2.75) is 19.8 Å². The second-order valence-electron chi connectivity index (χ2n) is 6.21. The lowest BCUT2D eigenvalue weighted by Crippen LogP contribution is -2.39. The lowest BCUT2D eigenvalue weighted by molar-refractivity contribution is -0.274. The molecule has 8 heteroatoms. The first-order valence-corrected chi connectivity index (χ1v) is 8.60. The smallest absolute Gasteiger partial charge is 0.406 e. The van der Waals surface area contributed by atoms with E-state index in [0.29, 0.717) is 6.54 Å². The third kappa shape index (κ3) is 4.31. The van der Waals surface area contributed by atoms with E-state index < -0.39 is 6.36 Å². The van der Waals surface area contributed by atoms with Gasteiger partial charge in [0.05, 0.1) is 6.54 Å². The molecule has 142 valence electrons. The first-order chi connectivity index (χ1) is 12.4. The Balaban J connectivity index is 1.74. The Labute approximate surface area is 150 Å². The monoisotopic (exact) mass is 368 g/mol. The van der Waals surface area contributed by atoms with Crippen LogP contribution in [0, 0.1) is 0 Å². The van der Waals surface area contributed by atoms with E-state index in [4.69, 9.17) is 0 Å². The van der Waals surface area contributed by atoms with Crippen LogP contribution in [0.15, 0.2) is 36.5 Å². The van der Waals surface area contributed by atoms with Crippen LogP contribution >= 0.6 is 0 Å². The summed E-state index contributed by atoms with van der Waals surface area (Å²) in [5, 5.41) is 8.41. The summed E-state index contributed by atoms with van der Waals surface area (Å²) in [6.07, 6.45) is -0.515. The molecule has 0 fully saturated rings. The third-order valence-electron chi connectivity index (χ3n) is 4.42. The highest BCUT2D eigenvalue weighted by Crippen LogP contribution is 2.28. The minimum atomic E-state index is -4.68. The molecule has 0 aliphatic carbocycles. The van der Waals surface area contributed by atoms with Gasteiger partial charge in [0, 0.05) is 49.5 Å². The highest BCUT2D eigenvalue weighted by atomic mass is 19.4. The molecule has 2 heterocycles. The van der Waals surface area contributed by atoms with Crippen LogP contribution in [0.1, 0.15) is 12.6 Å². The third-order valence-corrected chi connectivity index (χ3v) is 4.42. The quantitative estimate of drug-likeness (QED) is 0.761. The Hall–Kier alpha value is -2.19. The summed E-state index contributed by atoms with van der Waals surface area (Å²) in [6.45, 7) is 6.27. The molecule has 0 radical (unpaired) electrons. The molecule has 26 heavy (non-hydrogen) atoms. The van der Waals surface area contributed by atoms with Crippen molar-refractivity contribution in [1.82, 2.24) is 19.9 Å². The second kappa shape index (κ2) is 7.59. The van der Waals surface area contributed by atoms with Crippen LogP contribution in [0.4, 0.5) is 13.2 Å². The molecule has 1 aliphatic heterocycles. The molecule has 0 saturated carbocycles. The molecule has 1 aliphatic rings. The van der Waals surface area contributed by atoms with Gasteiger partial charge in [-0.1, -0.05) is 13.0 Å². The molecule has 0 saturated heterocycles. The number of aryl methyl sites for hydroxylation is 1. The Morgan fingerprint density at radius 3 is 2.77 bits per heavy atom. The van der Waals surface area contributed by atoms with Crippen LogP contribution in [-0.4, -0.2) is 47.1 Å². The maximum atomic E-state index is 12.4. The van der Waals surface area contributed by atoms with Crippen LogP contribution in [0.25, 0.3) is 10.9 Å². The summed E-state index contributed by atoms with van der Waals surface area (Å²) in [6, 6.07) is 6.35. The van der Waals surface area contributed by atoms with Crippen LogP contribution < -0.4 is 10.1 Å². The minimum Gasteiger partial charge on any atom is -0.406 e. The summed E-state index contributed by atoms with van der Waals surface area (Å²) in [5.74, 6) is -0.197. The number of benzene rings is 1. The number of nitrogens with zero attached hydrogens (tertiary/aromatic N) is 3. The first-order valence-electron chi connectivity index (χ1n) is 8.60. The Morgan fingerprint density at radius 1 is 1.23 bits per heavy atom. The van der Waals surface area contributed by atoms with Gasteiger partial charge < -0.3 is 19.6 Å². The lowest BCUT2D eigenvalue weighted by Gasteiger charge is -2.29. The van der Waals surface area contributed by atoms with E-state index in [-0.39, 0.29) is 5.75 Å². The number of rotatable bonds is 7. The van der Waals surface area contributed by atoms with E-state index in [2.05, 4.69) is 39.3 Å². The van der Waals surface area contributed by atoms with E-state index in [0.717, 1.165) is 42.8 Å². The molecule has 2 aromatic rings. The number of alkyl halides is 3. The molecule has 1 N–H and O–H groups in total. The van der Waals surface area contributed by atoms with Crippen LogP contribution in [0.3, 0.4) is 0 Å². The van der Waals surface area contributed by atoms with Crippen molar-refractivity contribution in [2.75, 3.05) is 26.2 Å². The zero-order valence-electron chi connectivity index (χ0n) is 14.9. The molecule has 5 nitrogen and oxygen atoms in total. The zero-order valence-corrected chi connectivity index (χ0v) is 14.9. The normalized spacial score (nSPS) is 15.3. The Bertz CT molecular complexity index is 785. The number of likely N-dealkylation sites (N-methyl/N-ethyl adjacent to an activating group) is 1. The van der Waals surface area contributed by atoms with Crippen molar-refractivity contribution in [3.05, 3.63) is 42.2 Å². The number of hydrogen-bond donors (Lipinski definition) is 1. The number of nitrogens with one attached hydrogen (secondary N) is 1. The van der Waals surface area contributed by atoms with E-state index in [1.165, 1.54) is 12.1 Å². The fourth-order valence-electron chi connectivity index (χ4n) is 3.15. The highest BCUT2D eigenvalue weighted by molar-refractivity contribution is 5.82. The Morgan fingerprint density at radius 2 is 2.04 bits per heavy atom. The summed E-state index contributed by atoms with van der Waals surface area (Å²) < 4.78 is 43.3. The van der Waals surface area contributed by atoms with Gasteiger partial charge in [-0.05, 0) is 30.8 Å². The lowest BCUT2D eigenvalue weighted by atomic mass is 10.2. The summed E-state index contributed by atoms with van der Waals surface area (Å²) >= 11 is 0. The van der Waals surface area contributed by atoms with Gasteiger partial charge in [-0.25, -0.2) is 5.01 Å². The van der Waals surface area contributed by atoms with Crippen molar-refractivity contribution in [3.63, 3.8) is 0 Å². The van der Waals surface area contributed by atoms with E-state index >= 15 is 0 Å². The predicted octanol–water partition coefficient (Wildman–Crippen LogP) is 3.23. The summed E-state index contributed by atoms with van der Waals surface area (Å²) in [4.78, 5) is 0. The van der Waals surface area contributed by atoms with Crippen LogP contribution in [0.5, 0.6) is 5.75 Å². The van der Waals surface area contributed by atoms with E-state index in [1.807, 2.05) is 17.7 Å².